The SMILES string of the molecule is CC(=O)NCCCCC(NC(=O)CC(NC(=O)CNC(=O)C(CCCN=CN)NC(=O)OC(C)(C)C)C(=O)O)C(=O)Nc1nc(=O)n(C2OC(CO)C(O)C2O)cc1F. The highest BCUT2D eigenvalue weighted by molar-refractivity contribution is 5.97. The van der Waals surface area contributed by atoms with Crippen LogP contribution >= 0.6 is 0 Å². The Balaban J connectivity index is 2.14. The number of anilines is 1. The molecule has 59 heavy (non-hydrogen) atoms. The Morgan fingerprint density at radius 2 is 1.63 bits per heavy atom. The van der Waals surface area contributed by atoms with Crippen LogP contribution in [-0.2, 0) is 38.2 Å². The van der Waals surface area contributed by atoms with E-state index in [9.17, 15) is 58.8 Å². The Morgan fingerprint density at radius 3 is 2.22 bits per heavy atom. The van der Waals surface area contributed by atoms with Crippen molar-refractivity contribution < 1.29 is 67.9 Å². The number of aliphatic imine (C=N–C) groups is 1. The Kier molecular flexibility index (Phi) is 19.7. The number of nitrogens with one attached hydrogen (secondary N) is 6. The van der Waals surface area contributed by atoms with Gasteiger partial charge in [0.1, 0.15) is 42.0 Å². The lowest BCUT2D eigenvalue weighted by molar-refractivity contribution is -0.143. The fourth-order valence-corrected chi connectivity index (χ4v) is 5.39. The van der Waals surface area contributed by atoms with Crippen LogP contribution in [0.15, 0.2) is 16.0 Å². The predicted molar refractivity (Wildman–Crippen MR) is 202 cm³/mol. The highest BCUT2D eigenvalue weighted by atomic mass is 19.1. The van der Waals surface area contributed by atoms with E-state index in [1.54, 1.807) is 20.8 Å². The van der Waals surface area contributed by atoms with E-state index in [1.165, 1.54) is 6.92 Å². The molecule has 0 radical (unpaired) electrons. The molecule has 0 bridgehead atoms. The molecule has 25 heteroatoms. The second-order valence-corrected chi connectivity index (χ2v) is 14.2. The first-order valence-electron chi connectivity index (χ1n) is 18.4. The number of aliphatic carboxylic acids is 1. The second kappa shape index (κ2) is 23.6. The summed E-state index contributed by atoms with van der Waals surface area (Å²) < 4.78 is 26.1. The van der Waals surface area contributed by atoms with Gasteiger partial charge < -0.3 is 67.5 Å². The third kappa shape index (κ3) is 16.9. The van der Waals surface area contributed by atoms with Crippen LogP contribution in [0.3, 0.4) is 0 Å². The molecule has 0 aromatic carbocycles. The lowest BCUT2D eigenvalue weighted by atomic mass is 10.1. The summed E-state index contributed by atoms with van der Waals surface area (Å²) in [5.41, 5.74) is 3.10. The number of nitrogens with zero attached hydrogens (tertiary/aromatic N) is 3. The van der Waals surface area contributed by atoms with Crippen molar-refractivity contribution in [1.82, 2.24) is 36.1 Å². The third-order valence-electron chi connectivity index (χ3n) is 8.22. The highest BCUT2D eigenvalue weighted by Gasteiger charge is 2.44. The molecule has 7 unspecified atom stereocenters. The Morgan fingerprint density at radius 1 is 0.983 bits per heavy atom. The van der Waals surface area contributed by atoms with Crippen molar-refractivity contribution in [2.45, 2.75) is 114 Å². The van der Waals surface area contributed by atoms with Gasteiger partial charge in [-0.3, -0.25) is 33.5 Å². The summed E-state index contributed by atoms with van der Waals surface area (Å²) in [5.74, 6) is -8.22. The molecule has 0 aliphatic carbocycles. The number of halogens is 1. The summed E-state index contributed by atoms with van der Waals surface area (Å²) >= 11 is 0. The van der Waals surface area contributed by atoms with E-state index in [1.807, 2.05) is 0 Å². The molecule has 24 nitrogen and oxygen atoms in total. The molecule has 6 amide bonds. The van der Waals surface area contributed by atoms with Crippen LogP contribution in [0, 0.1) is 5.82 Å². The standard InChI is InChI=1S/C34H53FN10O14/c1-17(47)38-11-6-5-8-20(29(53)43-27-18(35)14-45(32(56)44-27)30-26(51)25(50)22(15-46)58-30)40-23(48)12-21(31(54)55)41-24(49)13-39-28(52)19(9-7-10-37-16-36)42-33(57)59-34(2,3)4/h14,16,19-22,25-26,30,46,50-51H,5-13,15H2,1-4H3,(H2,36,37)(H,38,47)(H,39,52)(H,40,48)(H,41,49)(H,42,57)(H,54,55)(H,43,44,53,56). The smallest absolute Gasteiger partial charge is 0.408 e. The number of unbranched alkanes of at least 4 members (excludes halogenated alkanes) is 1. The second-order valence-electron chi connectivity index (χ2n) is 14.2. The number of aromatic nitrogens is 2. The van der Waals surface area contributed by atoms with Crippen LogP contribution in [0.25, 0.3) is 0 Å². The molecule has 7 atom stereocenters. The topological polar surface area (TPSA) is 364 Å². The van der Waals surface area contributed by atoms with Gasteiger partial charge in [-0.25, -0.2) is 18.8 Å². The van der Waals surface area contributed by atoms with Crippen LogP contribution in [0.4, 0.5) is 15.0 Å². The maximum atomic E-state index is 15.2. The number of amides is 6. The number of alkyl carbamates (subject to hydrolysis) is 1. The zero-order chi connectivity index (χ0) is 44.4. The minimum absolute atomic E-state index is 0.0609. The highest BCUT2D eigenvalue weighted by Crippen LogP contribution is 2.28. The van der Waals surface area contributed by atoms with Gasteiger partial charge in [0.05, 0.1) is 32.1 Å². The molecule has 0 spiro atoms. The molecule has 0 saturated carbocycles. The number of carbonyl (C=O) groups is 7. The average molecular weight is 845 g/mol. The number of hydrogen-bond donors (Lipinski definition) is 11. The van der Waals surface area contributed by atoms with E-state index < -0.39 is 121 Å². The molecular formula is C34H53FN10O14. The summed E-state index contributed by atoms with van der Waals surface area (Å²) in [4.78, 5) is 108. The Labute approximate surface area is 336 Å². The number of carbonyl (C=O) groups excluding carboxylic acids is 6. The Hall–Kier alpha value is -5.79. The van der Waals surface area contributed by atoms with Crippen molar-refractivity contribution in [2.24, 2.45) is 10.7 Å². The number of carboxylic acids is 1. The molecule has 1 aromatic heterocycles. The zero-order valence-electron chi connectivity index (χ0n) is 32.9. The number of carboxylic acid groups (broad SMARTS) is 1. The summed E-state index contributed by atoms with van der Waals surface area (Å²) in [6.45, 7) is 5.03. The van der Waals surface area contributed by atoms with E-state index in [0.717, 1.165) is 6.34 Å². The molecule has 1 saturated heterocycles. The van der Waals surface area contributed by atoms with Crippen molar-refractivity contribution in [1.29, 1.82) is 0 Å². The van der Waals surface area contributed by atoms with Crippen LogP contribution in [0.5, 0.6) is 0 Å². The number of rotatable bonds is 22. The van der Waals surface area contributed by atoms with Crippen molar-refractivity contribution >= 4 is 53.8 Å². The lowest BCUT2D eigenvalue weighted by Gasteiger charge is -2.23. The molecule has 2 rings (SSSR count). The number of aliphatic hydroxyl groups is 3. The summed E-state index contributed by atoms with van der Waals surface area (Å²) in [6.07, 6.45) is -5.83. The minimum Gasteiger partial charge on any atom is -0.480 e. The maximum Gasteiger partial charge on any atom is 0.408 e. The van der Waals surface area contributed by atoms with Crippen LogP contribution in [0.2, 0.25) is 0 Å². The molecule has 1 aliphatic heterocycles. The molecule has 1 aromatic rings. The van der Waals surface area contributed by atoms with Crippen molar-refractivity contribution in [3.8, 4) is 0 Å². The number of hydrogen-bond acceptors (Lipinski definition) is 15. The number of aliphatic hydroxyl groups excluding tert-OH is 3. The number of nitrogens with two attached hydrogens (primary N) is 1. The maximum absolute atomic E-state index is 15.2. The van der Waals surface area contributed by atoms with Gasteiger partial charge in [0.2, 0.25) is 29.5 Å². The van der Waals surface area contributed by atoms with Crippen LogP contribution in [0.1, 0.15) is 72.4 Å². The average Bonchev–Trinajstić information content (AvgIpc) is 3.43. The zero-order valence-corrected chi connectivity index (χ0v) is 32.9. The van der Waals surface area contributed by atoms with E-state index in [-0.39, 0.29) is 38.3 Å². The first-order valence-corrected chi connectivity index (χ1v) is 18.4. The first-order chi connectivity index (χ1) is 27.7. The molecular weight excluding hydrogens is 791 g/mol. The largest absolute Gasteiger partial charge is 0.480 e. The van der Waals surface area contributed by atoms with Crippen molar-refractivity contribution in [3.63, 3.8) is 0 Å². The van der Waals surface area contributed by atoms with Crippen molar-refractivity contribution in [2.75, 3.05) is 31.6 Å². The minimum atomic E-state index is -1.88. The molecule has 330 valence electrons. The van der Waals surface area contributed by atoms with Gasteiger partial charge in [0.25, 0.3) is 0 Å². The quantitative estimate of drug-likeness (QED) is 0.0306. The predicted octanol–water partition coefficient (Wildman–Crippen LogP) is -3.54. The van der Waals surface area contributed by atoms with E-state index in [0.29, 0.717) is 23.6 Å². The number of ether oxygens (including phenoxy) is 2. The van der Waals surface area contributed by atoms with E-state index in [4.69, 9.17) is 15.2 Å². The van der Waals surface area contributed by atoms with Gasteiger partial charge in [0, 0.05) is 20.0 Å². The van der Waals surface area contributed by atoms with Crippen LogP contribution in [-0.4, -0.2) is 146 Å². The van der Waals surface area contributed by atoms with E-state index in [2.05, 4.69) is 41.9 Å². The van der Waals surface area contributed by atoms with Gasteiger partial charge in [-0.2, -0.15) is 4.98 Å². The first kappa shape index (κ1) is 49.4. The van der Waals surface area contributed by atoms with Gasteiger partial charge in [0.15, 0.2) is 17.9 Å². The third-order valence-corrected chi connectivity index (χ3v) is 8.22. The Bertz CT molecular complexity index is 1740. The van der Waals surface area contributed by atoms with Crippen molar-refractivity contribution in [3.05, 3.63) is 22.5 Å². The van der Waals surface area contributed by atoms with Gasteiger partial charge in [-0.15, -0.1) is 0 Å². The molecule has 1 aliphatic rings. The fraction of sp³-hybridized carbons (Fsp3) is 0.647. The van der Waals surface area contributed by atoms with Gasteiger partial charge >= 0.3 is 17.8 Å². The fourth-order valence-electron chi connectivity index (χ4n) is 5.39. The summed E-state index contributed by atoms with van der Waals surface area (Å²) in [5, 5.41) is 53.0. The van der Waals surface area contributed by atoms with Crippen LogP contribution < -0.4 is 43.3 Å². The summed E-state index contributed by atoms with van der Waals surface area (Å²) in [7, 11) is 0. The molecule has 12 N–H and O–H groups in total. The lowest BCUT2D eigenvalue weighted by Crippen LogP contribution is -2.52. The molecule has 2 heterocycles. The van der Waals surface area contributed by atoms with Gasteiger partial charge in [-0.05, 0) is 52.9 Å². The van der Waals surface area contributed by atoms with Gasteiger partial charge in [-0.1, -0.05) is 0 Å². The summed E-state index contributed by atoms with van der Waals surface area (Å²) in [6, 6.07) is -4.56. The monoisotopic (exact) mass is 844 g/mol. The van der Waals surface area contributed by atoms with E-state index >= 15 is 4.39 Å². The normalized spacial score (nSPS) is 19.2. The molecule has 1 fully saturated rings.